The van der Waals surface area contributed by atoms with Crippen molar-refractivity contribution < 1.29 is 0 Å². The lowest BCUT2D eigenvalue weighted by molar-refractivity contribution is 0.185. The van der Waals surface area contributed by atoms with Crippen molar-refractivity contribution >= 4 is 11.8 Å². The van der Waals surface area contributed by atoms with Crippen molar-refractivity contribution in [3.05, 3.63) is 11.8 Å². The number of likely N-dealkylation sites (tertiary alicyclic amines) is 1. The molecule has 0 amide bonds. The first kappa shape index (κ1) is 11.1. The number of nitrogens with zero attached hydrogens (tertiary/aromatic N) is 3. The van der Waals surface area contributed by atoms with Gasteiger partial charge < -0.3 is 11.5 Å². The highest BCUT2D eigenvalue weighted by atomic mass is 15.1. The van der Waals surface area contributed by atoms with E-state index in [2.05, 4.69) is 21.8 Å². The lowest BCUT2D eigenvalue weighted by Crippen LogP contribution is -2.32. The molecule has 5 heteroatoms. The van der Waals surface area contributed by atoms with E-state index in [4.69, 9.17) is 11.5 Å². The Morgan fingerprint density at radius 1 is 1.38 bits per heavy atom. The molecule has 0 atom stereocenters. The summed E-state index contributed by atoms with van der Waals surface area (Å²) >= 11 is 0. The summed E-state index contributed by atoms with van der Waals surface area (Å²) in [5.74, 6) is 1.59. The zero-order valence-corrected chi connectivity index (χ0v) is 9.69. The normalized spacial score (nSPS) is 18.8. The minimum absolute atomic E-state index is 0.244. The average molecular weight is 221 g/mol. The van der Waals surface area contributed by atoms with E-state index in [1.807, 2.05) is 0 Å². The minimum Gasteiger partial charge on any atom is -0.383 e. The van der Waals surface area contributed by atoms with Crippen molar-refractivity contribution in [3.63, 3.8) is 0 Å². The van der Waals surface area contributed by atoms with Crippen LogP contribution in [-0.2, 0) is 6.54 Å². The van der Waals surface area contributed by atoms with Gasteiger partial charge in [0.25, 0.3) is 0 Å². The first-order valence-corrected chi connectivity index (χ1v) is 5.74. The molecule has 1 aromatic rings. The first-order chi connectivity index (χ1) is 7.65. The van der Waals surface area contributed by atoms with Gasteiger partial charge in [0.05, 0.1) is 0 Å². The third kappa shape index (κ3) is 2.61. The van der Waals surface area contributed by atoms with Crippen molar-refractivity contribution in [2.75, 3.05) is 24.6 Å². The van der Waals surface area contributed by atoms with Crippen molar-refractivity contribution in [1.82, 2.24) is 14.9 Å². The Kier molecular flexibility index (Phi) is 3.24. The van der Waals surface area contributed by atoms with Crippen LogP contribution in [0.4, 0.5) is 11.8 Å². The van der Waals surface area contributed by atoms with Crippen LogP contribution in [0.25, 0.3) is 0 Å². The predicted octanol–water partition coefficient (Wildman–Crippen LogP) is 0.873. The fourth-order valence-corrected chi connectivity index (χ4v) is 2.02. The Morgan fingerprint density at radius 2 is 2.06 bits per heavy atom. The molecule has 1 saturated heterocycles. The van der Waals surface area contributed by atoms with Crippen LogP contribution < -0.4 is 11.5 Å². The quantitative estimate of drug-likeness (QED) is 0.774. The highest BCUT2D eigenvalue weighted by Crippen LogP contribution is 2.19. The molecule has 5 nitrogen and oxygen atoms in total. The Hall–Kier alpha value is -1.36. The molecule has 0 unspecified atom stereocenters. The van der Waals surface area contributed by atoms with Crippen LogP contribution in [0.1, 0.15) is 25.3 Å². The zero-order chi connectivity index (χ0) is 11.5. The third-order valence-electron chi connectivity index (χ3n) is 3.19. The molecule has 0 saturated carbocycles. The summed E-state index contributed by atoms with van der Waals surface area (Å²) in [5, 5.41) is 0. The van der Waals surface area contributed by atoms with E-state index < -0.39 is 0 Å². The maximum absolute atomic E-state index is 5.81. The molecule has 1 fully saturated rings. The van der Waals surface area contributed by atoms with Gasteiger partial charge in [0.1, 0.15) is 5.82 Å². The average Bonchev–Trinajstić information content (AvgIpc) is 2.25. The van der Waals surface area contributed by atoms with Gasteiger partial charge in [0, 0.05) is 18.3 Å². The van der Waals surface area contributed by atoms with Crippen molar-refractivity contribution in [3.8, 4) is 0 Å². The van der Waals surface area contributed by atoms with Gasteiger partial charge in [-0.25, -0.2) is 4.98 Å². The number of piperidine rings is 1. The van der Waals surface area contributed by atoms with Crippen LogP contribution in [0.3, 0.4) is 0 Å². The van der Waals surface area contributed by atoms with Crippen molar-refractivity contribution in [2.45, 2.75) is 26.3 Å². The van der Waals surface area contributed by atoms with E-state index in [1.54, 1.807) is 6.20 Å². The molecule has 0 spiro atoms. The van der Waals surface area contributed by atoms with Crippen LogP contribution in [0.2, 0.25) is 0 Å². The van der Waals surface area contributed by atoms with Gasteiger partial charge in [0.15, 0.2) is 0 Å². The van der Waals surface area contributed by atoms with E-state index in [1.165, 1.54) is 12.8 Å². The van der Waals surface area contributed by atoms with Gasteiger partial charge in [-0.1, -0.05) is 6.92 Å². The second kappa shape index (κ2) is 4.65. The number of hydrogen-bond donors (Lipinski definition) is 2. The van der Waals surface area contributed by atoms with Crippen LogP contribution in [0, 0.1) is 5.92 Å². The number of anilines is 2. The highest BCUT2D eigenvalue weighted by Gasteiger charge is 2.16. The second-order valence-electron chi connectivity index (χ2n) is 4.60. The smallest absolute Gasteiger partial charge is 0.221 e. The molecule has 1 aliphatic rings. The monoisotopic (exact) mass is 221 g/mol. The summed E-state index contributed by atoms with van der Waals surface area (Å²) in [6.45, 7) is 5.40. The van der Waals surface area contributed by atoms with Crippen LogP contribution in [0.15, 0.2) is 6.20 Å². The van der Waals surface area contributed by atoms with Crippen molar-refractivity contribution in [2.24, 2.45) is 5.92 Å². The summed E-state index contributed by atoms with van der Waals surface area (Å²) < 4.78 is 0. The number of nitrogens with two attached hydrogens (primary N) is 2. The van der Waals surface area contributed by atoms with Gasteiger partial charge in [-0.15, -0.1) is 0 Å². The van der Waals surface area contributed by atoms with E-state index in [0.717, 1.165) is 31.1 Å². The SMILES string of the molecule is CC1CCN(Cc2cnc(N)nc2N)CC1. The Balaban J connectivity index is 1.98. The number of rotatable bonds is 2. The summed E-state index contributed by atoms with van der Waals surface area (Å²) in [4.78, 5) is 10.3. The van der Waals surface area contributed by atoms with Crippen molar-refractivity contribution in [1.29, 1.82) is 0 Å². The fourth-order valence-electron chi connectivity index (χ4n) is 2.02. The van der Waals surface area contributed by atoms with Gasteiger partial charge in [-0.05, 0) is 31.8 Å². The van der Waals surface area contributed by atoms with E-state index in [9.17, 15) is 0 Å². The number of aromatic nitrogens is 2. The highest BCUT2D eigenvalue weighted by molar-refractivity contribution is 5.41. The summed E-state index contributed by atoms with van der Waals surface area (Å²) in [5.41, 5.74) is 12.2. The third-order valence-corrected chi connectivity index (χ3v) is 3.19. The Bertz CT molecular complexity index is 357. The fraction of sp³-hybridized carbons (Fsp3) is 0.636. The van der Waals surface area contributed by atoms with Gasteiger partial charge in [-0.2, -0.15) is 4.98 Å². The maximum atomic E-state index is 5.81. The van der Waals surface area contributed by atoms with Gasteiger partial charge in [0.2, 0.25) is 5.95 Å². The molecule has 0 aliphatic carbocycles. The molecule has 1 aromatic heterocycles. The zero-order valence-electron chi connectivity index (χ0n) is 9.69. The largest absolute Gasteiger partial charge is 0.383 e. The molecular formula is C11H19N5. The number of hydrogen-bond acceptors (Lipinski definition) is 5. The standard InChI is InChI=1S/C11H19N5/c1-8-2-4-16(5-3-8)7-9-6-14-11(13)15-10(9)12/h6,8H,2-5,7H2,1H3,(H4,12,13,14,15). The van der Waals surface area contributed by atoms with Crippen LogP contribution in [-0.4, -0.2) is 28.0 Å². The lowest BCUT2D eigenvalue weighted by Gasteiger charge is -2.30. The van der Waals surface area contributed by atoms with E-state index in [0.29, 0.717) is 5.82 Å². The molecule has 16 heavy (non-hydrogen) atoms. The minimum atomic E-state index is 0.244. The van der Waals surface area contributed by atoms with E-state index in [-0.39, 0.29) is 5.95 Å². The Labute approximate surface area is 95.9 Å². The first-order valence-electron chi connectivity index (χ1n) is 5.74. The molecule has 2 heterocycles. The molecule has 88 valence electrons. The number of nitrogen functional groups attached to an aromatic ring is 2. The molecule has 4 N–H and O–H groups in total. The summed E-state index contributed by atoms with van der Waals surface area (Å²) in [6, 6.07) is 0. The molecule has 0 radical (unpaired) electrons. The molecular weight excluding hydrogens is 202 g/mol. The maximum Gasteiger partial charge on any atom is 0.221 e. The van der Waals surface area contributed by atoms with Gasteiger partial charge in [-0.3, -0.25) is 4.90 Å². The molecule has 1 aliphatic heterocycles. The van der Waals surface area contributed by atoms with Crippen LogP contribution in [0.5, 0.6) is 0 Å². The van der Waals surface area contributed by atoms with Gasteiger partial charge >= 0.3 is 0 Å². The Morgan fingerprint density at radius 3 is 2.69 bits per heavy atom. The molecule has 2 rings (SSSR count). The summed E-state index contributed by atoms with van der Waals surface area (Å²) in [7, 11) is 0. The second-order valence-corrected chi connectivity index (χ2v) is 4.60. The molecule has 0 aromatic carbocycles. The van der Waals surface area contributed by atoms with E-state index >= 15 is 0 Å². The summed E-state index contributed by atoms with van der Waals surface area (Å²) in [6.07, 6.45) is 4.25. The lowest BCUT2D eigenvalue weighted by atomic mass is 9.99. The molecule has 0 bridgehead atoms. The predicted molar refractivity (Wildman–Crippen MR) is 64.5 cm³/mol. The van der Waals surface area contributed by atoms with Crippen LogP contribution >= 0.6 is 0 Å². The topological polar surface area (TPSA) is 81.1 Å².